The van der Waals surface area contributed by atoms with E-state index in [9.17, 15) is 22.8 Å². The molecule has 3 aromatic rings. The van der Waals surface area contributed by atoms with Crippen LogP contribution in [0.2, 0.25) is 0 Å². The number of benzene rings is 1. The molecule has 0 spiro atoms. The second kappa shape index (κ2) is 7.18. The van der Waals surface area contributed by atoms with Crippen molar-refractivity contribution in [3.05, 3.63) is 62.0 Å². The molecule has 0 atom stereocenters. The van der Waals surface area contributed by atoms with Crippen LogP contribution in [0.4, 0.5) is 18.9 Å². The van der Waals surface area contributed by atoms with Crippen molar-refractivity contribution in [2.75, 3.05) is 5.73 Å². The van der Waals surface area contributed by atoms with Crippen LogP contribution in [0.15, 0.2) is 29.1 Å². The Hall–Kier alpha value is -2.88. The lowest BCUT2D eigenvalue weighted by Crippen LogP contribution is -2.19. The molecular weight excluding hydrogens is 407 g/mol. The first kappa shape index (κ1) is 19.4. The number of anilines is 1. The number of fused-ring (bicyclic) bond motifs is 3. The molecule has 152 valence electrons. The molecule has 0 saturated heterocycles. The fourth-order valence-corrected chi connectivity index (χ4v) is 4.59. The molecular formula is C19H16F3N3O3S. The number of ether oxygens (including phenoxy) is 1. The Morgan fingerprint density at radius 3 is 2.72 bits per heavy atom. The van der Waals surface area contributed by atoms with Crippen molar-refractivity contribution in [2.45, 2.75) is 38.5 Å². The minimum Gasteiger partial charge on any atom is -0.456 e. The van der Waals surface area contributed by atoms with Gasteiger partial charge in [-0.25, -0.2) is 9.78 Å². The van der Waals surface area contributed by atoms with Crippen LogP contribution >= 0.6 is 11.3 Å². The highest BCUT2D eigenvalue weighted by Gasteiger charge is 2.31. The normalized spacial score (nSPS) is 14.0. The van der Waals surface area contributed by atoms with Gasteiger partial charge in [0.15, 0.2) is 4.96 Å². The average molecular weight is 423 g/mol. The molecule has 0 aliphatic heterocycles. The molecule has 2 heterocycles. The summed E-state index contributed by atoms with van der Waals surface area (Å²) in [5, 5.41) is 0. The van der Waals surface area contributed by atoms with Crippen LogP contribution < -0.4 is 11.3 Å². The maximum absolute atomic E-state index is 12.7. The monoisotopic (exact) mass is 423 g/mol. The lowest BCUT2D eigenvalue weighted by molar-refractivity contribution is -0.137. The third kappa shape index (κ3) is 3.71. The van der Waals surface area contributed by atoms with Gasteiger partial charge in [-0.15, -0.1) is 11.3 Å². The molecule has 10 heteroatoms. The molecule has 1 aliphatic rings. The molecule has 0 fully saturated rings. The first-order chi connectivity index (χ1) is 13.7. The van der Waals surface area contributed by atoms with E-state index >= 15 is 0 Å². The quantitative estimate of drug-likeness (QED) is 0.514. The van der Waals surface area contributed by atoms with Gasteiger partial charge in [0.25, 0.3) is 5.56 Å². The van der Waals surface area contributed by atoms with E-state index in [0.717, 1.165) is 48.4 Å². The lowest BCUT2D eigenvalue weighted by Gasteiger charge is -2.11. The van der Waals surface area contributed by atoms with E-state index in [1.165, 1.54) is 17.4 Å². The van der Waals surface area contributed by atoms with Gasteiger partial charge in [0.2, 0.25) is 0 Å². The predicted molar refractivity (Wildman–Crippen MR) is 101 cm³/mol. The minimum atomic E-state index is -4.56. The topological polar surface area (TPSA) is 86.7 Å². The summed E-state index contributed by atoms with van der Waals surface area (Å²) >= 11 is 1.45. The van der Waals surface area contributed by atoms with Crippen LogP contribution in [-0.4, -0.2) is 15.4 Å². The summed E-state index contributed by atoms with van der Waals surface area (Å²) in [6.07, 6.45) is -0.705. The average Bonchev–Trinajstić information content (AvgIpc) is 3.04. The maximum atomic E-state index is 12.7. The number of thiazole rings is 1. The molecule has 1 aromatic carbocycles. The zero-order chi connectivity index (χ0) is 20.8. The van der Waals surface area contributed by atoms with Gasteiger partial charge >= 0.3 is 12.1 Å². The number of nitrogen functional groups attached to an aromatic ring is 1. The smallest absolute Gasteiger partial charge is 0.416 e. The highest BCUT2D eigenvalue weighted by atomic mass is 32.1. The zero-order valence-electron chi connectivity index (χ0n) is 15.1. The second-order valence-corrected chi connectivity index (χ2v) is 7.82. The Morgan fingerprint density at radius 2 is 2.00 bits per heavy atom. The Bertz CT molecular complexity index is 1170. The highest BCUT2D eigenvalue weighted by Crippen LogP contribution is 2.32. The van der Waals surface area contributed by atoms with Gasteiger partial charge in [-0.3, -0.25) is 9.20 Å². The summed E-state index contributed by atoms with van der Waals surface area (Å²) in [5.74, 6) is -0.885. The van der Waals surface area contributed by atoms with Gasteiger partial charge in [-0.05, 0) is 43.9 Å². The number of aryl methyl sites for hydroxylation is 2. The number of esters is 1. The molecule has 2 N–H and O–H groups in total. The van der Waals surface area contributed by atoms with Crippen LogP contribution in [0.1, 0.15) is 45.0 Å². The van der Waals surface area contributed by atoms with Crippen molar-refractivity contribution in [1.29, 1.82) is 0 Å². The van der Waals surface area contributed by atoms with Crippen LogP contribution in [0.5, 0.6) is 0 Å². The van der Waals surface area contributed by atoms with Crippen molar-refractivity contribution < 1.29 is 22.7 Å². The van der Waals surface area contributed by atoms with Gasteiger partial charge in [0.1, 0.15) is 6.61 Å². The maximum Gasteiger partial charge on any atom is 0.416 e. The van der Waals surface area contributed by atoms with E-state index in [1.54, 1.807) is 4.40 Å². The first-order valence-electron chi connectivity index (χ1n) is 8.91. The summed E-state index contributed by atoms with van der Waals surface area (Å²) in [4.78, 5) is 30.8. The lowest BCUT2D eigenvalue weighted by atomic mass is 10.0. The van der Waals surface area contributed by atoms with E-state index < -0.39 is 17.7 Å². The predicted octanol–water partition coefficient (Wildman–Crippen LogP) is 3.59. The number of alkyl halides is 3. The third-order valence-electron chi connectivity index (χ3n) is 4.76. The molecule has 0 bridgehead atoms. The number of nitrogens with zero attached hydrogens (tertiary/aromatic N) is 2. The van der Waals surface area contributed by atoms with Crippen molar-refractivity contribution in [3.8, 4) is 0 Å². The number of rotatable bonds is 3. The summed E-state index contributed by atoms with van der Waals surface area (Å²) in [7, 11) is 0. The number of carbonyl (C=O) groups excluding carboxylic acids is 1. The summed E-state index contributed by atoms with van der Waals surface area (Å²) in [6.45, 7) is -0.284. The van der Waals surface area contributed by atoms with Crippen molar-refractivity contribution >= 4 is 28.0 Å². The first-order valence-corrected chi connectivity index (χ1v) is 9.73. The Balaban J connectivity index is 1.54. The van der Waals surface area contributed by atoms with E-state index in [0.29, 0.717) is 11.0 Å². The van der Waals surface area contributed by atoms with E-state index in [2.05, 4.69) is 4.98 Å². The van der Waals surface area contributed by atoms with E-state index in [-0.39, 0.29) is 29.1 Å². The van der Waals surface area contributed by atoms with Gasteiger partial charge in [0.05, 0.1) is 16.8 Å². The highest BCUT2D eigenvalue weighted by molar-refractivity contribution is 7.17. The van der Waals surface area contributed by atoms with E-state index in [4.69, 9.17) is 10.5 Å². The zero-order valence-corrected chi connectivity index (χ0v) is 15.9. The molecule has 0 radical (unpaired) electrons. The van der Waals surface area contributed by atoms with Crippen molar-refractivity contribution in [2.24, 2.45) is 0 Å². The number of aromatic nitrogens is 2. The molecule has 29 heavy (non-hydrogen) atoms. The third-order valence-corrected chi connectivity index (χ3v) is 5.91. The van der Waals surface area contributed by atoms with E-state index in [1.807, 2.05) is 0 Å². The number of carbonyl (C=O) groups is 1. The van der Waals surface area contributed by atoms with Crippen LogP contribution in [0, 0.1) is 0 Å². The van der Waals surface area contributed by atoms with Crippen LogP contribution in [0.25, 0.3) is 4.96 Å². The summed E-state index contributed by atoms with van der Waals surface area (Å²) in [6, 6.07) is 3.72. The fourth-order valence-electron chi connectivity index (χ4n) is 3.36. The SMILES string of the molecule is Nc1cc(C(F)(F)F)ccc1C(=O)OCc1cc(=O)n2c3c(sc2n1)CCCC3. The Labute approximate surface area is 166 Å². The number of halogens is 3. The molecule has 4 rings (SSSR count). The molecule has 0 saturated carbocycles. The van der Waals surface area contributed by atoms with Crippen molar-refractivity contribution in [1.82, 2.24) is 9.38 Å². The summed E-state index contributed by atoms with van der Waals surface area (Å²) in [5.41, 5.74) is 5.14. The number of hydrogen-bond acceptors (Lipinski definition) is 6. The molecule has 0 amide bonds. The molecule has 0 unspecified atom stereocenters. The van der Waals surface area contributed by atoms with Gasteiger partial charge < -0.3 is 10.5 Å². The van der Waals surface area contributed by atoms with Crippen molar-refractivity contribution in [3.63, 3.8) is 0 Å². The fraction of sp³-hybridized carbons (Fsp3) is 0.316. The molecule has 2 aromatic heterocycles. The Morgan fingerprint density at radius 1 is 1.24 bits per heavy atom. The van der Waals surface area contributed by atoms with Gasteiger partial charge in [-0.1, -0.05) is 0 Å². The van der Waals surface area contributed by atoms with Crippen LogP contribution in [-0.2, 0) is 30.4 Å². The largest absolute Gasteiger partial charge is 0.456 e. The molecule has 6 nitrogen and oxygen atoms in total. The summed E-state index contributed by atoms with van der Waals surface area (Å²) < 4.78 is 44.8. The molecule has 1 aliphatic carbocycles. The minimum absolute atomic E-state index is 0.178. The standard InChI is InChI=1S/C19H16F3N3O3S/c20-19(21,22)10-5-6-12(13(23)7-10)17(27)28-9-11-8-16(26)25-14-3-1-2-4-15(14)29-18(25)24-11/h5-8H,1-4,9,23H2. The number of hydrogen-bond donors (Lipinski definition) is 1. The second-order valence-electron chi connectivity index (χ2n) is 6.76. The van der Waals surface area contributed by atoms with Gasteiger partial charge in [-0.2, -0.15) is 13.2 Å². The van der Waals surface area contributed by atoms with Gasteiger partial charge in [0, 0.05) is 22.3 Å². The van der Waals surface area contributed by atoms with Crippen LogP contribution in [0.3, 0.4) is 0 Å². The Kier molecular flexibility index (Phi) is 4.81. The number of nitrogens with two attached hydrogens (primary N) is 1.